The Hall–Kier alpha value is -4.12. The van der Waals surface area contributed by atoms with E-state index in [-0.39, 0.29) is 17.5 Å². The Labute approximate surface area is 203 Å². The van der Waals surface area contributed by atoms with E-state index in [9.17, 15) is 19.6 Å². The quantitative estimate of drug-likeness (QED) is 0.490. The van der Waals surface area contributed by atoms with Gasteiger partial charge in [0, 0.05) is 18.7 Å². The predicted molar refractivity (Wildman–Crippen MR) is 133 cm³/mol. The van der Waals surface area contributed by atoms with Gasteiger partial charge in [-0.2, -0.15) is 5.26 Å². The van der Waals surface area contributed by atoms with Gasteiger partial charge >= 0.3 is 5.97 Å². The summed E-state index contributed by atoms with van der Waals surface area (Å²) in [4.78, 5) is 37.4. The molecule has 35 heavy (non-hydrogen) atoms. The molecular formula is C27H28N4O4. The lowest BCUT2D eigenvalue weighted by atomic mass is 10.0. The summed E-state index contributed by atoms with van der Waals surface area (Å²) in [5.41, 5.74) is 2.69. The van der Waals surface area contributed by atoms with E-state index in [4.69, 9.17) is 4.74 Å². The molecule has 0 unspecified atom stereocenters. The summed E-state index contributed by atoms with van der Waals surface area (Å²) < 4.78 is 7.36. The van der Waals surface area contributed by atoms with E-state index in [1.165, 1.54) is 6.92 Å². The molecule has 1 aliphatic carbocycles. The van der Waals surface area contributed by atoms with E-state index in [2.05, 4.69) is 16.7 Å². The van der Waals surface area contributed by atoms with Crippen molar-refractivity contribution in [2.75, 3.05) is 17.2 Å². The molecule has 2 N–H and O–H groups in total. The second-order valence-corrected chi connectivity index (χ2v) is 8.90. The summed E-state index contributed by atoms with van der Waals surface area (Å²) in [5.74, 6) is -1.13. The van der Waals surface area contributed by atoms with Gasteiger partial charge in [0.05, 0.1) is 16.8 Å². The number of amides is 2. The summed E-state index contributed by atoms with van der Waals surface area (Å²) in [6.45, 7) is 4.66. The zero-order chi connectivity index (χ0) is 25.1. The zero-order valence-corrected chi connectivity index (χ0v) is 20.1. The van der Waals surface area contributed by atoms with Crippen LogP contribution in [-0.2, 0) is 14.3 Å². The van der Waals surface area contributed by atoms with E-state index < -0.39 is 18.5 Å². The number of esters is 1. The first-order chi connectivity index (χ1) is 16.8. The topological polar surface area (TPSA) is 113 Å². The van der Waals surface area contributed by atoms with E-state index in [1.54, 1.807) is 12.1 Å². The van der Waals surface area contributed by atoms with Crippen LogP contribution in [0.2, 0.25) is 0 Å². The molecule has 0 saturated heterocycles. The summed E-state index contributed by atoms with van der Waals surface area (Å²) in [6.07, 6.45) is 4.20. The molecule has 1 aromatic heterocycles. The number of aromatic nitrogens is 1. The van der Waals surface area contributed by atoms with Crippen LogP contribution in [0.3, 0.4) is 0 Å². The van der Waals surface area contributed by atoms with Gasteiger partial charge in [-0.3, -0.25) is 9.59 Å². The van der Waals surface area contributed by atoms with E-state index >= 15 is 0 Å². The highest BCUT2D eigenvalue weighted by molar-refractivity contribution is 6.06. The molecule has 2 amide bonds. The van der Waals surface area contributed by atoms with Crippen LogP contribution >= 0.6 is 0 Å². The molecule has 0 aliphatic heterocycles. The minimum Gasteiger partial charge on any atom is -0.452 e. The average molecular weight is 473 g/mol. The van der Waals surface area contributed by atoms with Gasteiger partial charge in [-0.1, -0.05) is 37.1 Å². The molecule has 4 rings (SSSR count). The Balaban J connectivity index is 1.54. The Morgan fingerprint density at radius 2 is 1.74 bits per heavy atom. The first-order valence-electron chi connectivity index (χ1n) is 11.7. The van der Waals surface area contributed by atoms with Crippen molar-refractivity contribution >= 4 is 40.1 Å². The van der Waals surface area contributed by atoms with Crippen LogP contribution in [0.15, 0.2) is 36.4 Å². The number of anilines is 2. The van der Waals surface area contributed by atoms with Crippen molar-refractivity contribution in [1.82, 2.24) is 4.57 Å². The monoisotopic (exact) mass is 472 g/mol. The zero-order valence-electron chi connectivity index (χ0n) is 20.1. The van der Waals surface area contributed by atoms with Crippen LogP contribution in [0, 0.1) is 25.2 Å². The average Bonchev–Trinajstić information content (AvgIpc) is 3.43. The molecule has 0 spiro atoms. The van der Waals surface area contributed by atoms with Crippen LogP contribution < -0.4 is 10.6 Å². The van der Waals surface area contributed by atoms with Crippen molar-refractivity contribution in [3.8, 4) is 6.07 Å². The minimum absolute atomic E-state index is 0.158. The van der Waals surface area contributed by atoms with Gasteiger partial charge in [-0.25, -0.2) is 4.79 Å². The second kappa shape index (κ2) is 10.0. The van der Waals surface area contributed by atoms with Crippen molar-refractivity contribution in [2.24, 2.45) is 0 Å². The summed E-state index contributed by atoms with van der Waals surface area (Å²) in [5, 5.41) is 16.8. The standard InChI is InChI=1S/C27H28N4O4/c1-16-17(2)31(21-10-6-7-11-21)26(23(16)14-28)30-25(33)15-35-27(34)22-12-19-8-4-5-9-20(19)13-24(22)29-18(3)32/h4-5,8-9,12-13,21H,6-7,10-11,15H2,1-3H3,(H,29,32)(H,30,33). The maximum atomic E-state index is 12.9. The molecule has 8 nitrogen and oxygen atoms in total. The Morgan fingerprint density at radius 1 is 1.09 bits per heavy atom. The number of benzene rings is 2. The number of nitrogens with one attached hydrogen (secondary N) is 2. The second-order valence-electron chi connectivity index (χ2n) is 8.90. The number of ether oxygens (including phenoxy) is 1. The maximum absolute atomic E-state index is 12.9. The van der Waals surface area contributed by atoms with Gasteiger partial charge in [0.15, 0.2) is 6.61 Å². The SMILES string of the molecule is CC(=O)Nc1cc2ccccc2cc1C(=O)OCC(=O)Nc1c(C#N)c(C)c(C)n1C1CCCC1. The Kier molecular flexibility index (Phi) is 6.87. The third kappa shape index (κ3) is 4.90. The van der Waals surface area contributed by atoms with Gasteiger partial charge in [0.2, 0.25) is 5.91 Å². The number of nitrogens with zero attached hydrogens (tertiary/aromatic N) is 2. The van der Waals surface area contributed by atoms with Gasteiger partial charge in [-0.05, 0) is 55.2 Å². The molecule has 1 fully saturated rings. The molecule has 1 heterocycles. The lowest BCUT2D eigenvalue weighted by Gasteiger charge is -2.19. The number of carbonyl (C=O) groups is 3. The number of rotatable bonds is 6. The predicted octanol–water partition coefficient (Wildman–Crippen LogP) is 5.00. The normalized spacial score (nSPS) is 13.4. The summed E-state index contributed by atoms with van der Waals surface area (Å²) in [7, 11) is 0. The molecular weight excluding hydrogens is 444 g/mol. The van der Waals surface area contributed by atoms with Crippen molar-refractivity contribution in [1.29, 1.82) is 5.26 Å². The van der Waals surface area contributed by atoms with Crippen LogP contribution in [-0.4, -0.2) is 29.0 Å². The first kappa shape index (κ1) is 24.0. The number of nitriles is 1. The van der Waals surface area contributed by atoms with Crippen molar-refractivity contribution in [2.45, 2.75) is 52.5 Å². The number of hydrogen-bond donors (Lipinski definition) is 2. The van der Waals surface area contributed by atoms with E-state index in [1.807, 2.05) is 42.7 Å². The number of fused-ring (bicyclic) bond motifs is 1. The van der Waals surface area contributed by atoms with Gasteiger partial charge in [0.1, 0.15) is 11.9 Å². The van der Waals surface area contributed by atoms with Gasteiger partial charge in [-0.15, -0.1) is 0 Å². The van der Waals surface area contributed by atoms with Crippen LogP contribution in [0.4, 0.5) is 11.5 Å². The molecule has 8 heteroatoms. The molecule has 1 aliphatic rings. The number of carbonyl (C=O) groups excluding carboxylic acids is 3. The highest BCUT2D eigenvalue weighted by atomic mass is 16.5. The van der Waals surface area contributed by atoms with Gasteiger partial charge < -0.3 is 19.9 Å². The number of hydrogen-bond acceptors (Lipinski definition) is 5. The van der Waals surface area contributed by atoms with Crippen molar-refractivity contribution in [3.05, 3.63) is 58.8 Å². The molecule has 0 bridgehead atoms. The third-order valence-corrected chi connectivity index (χ3v) is 6.57. The maximum Gasteiger partial charge on any atom is 0.340 e. The molecule has 1 saturated carbocycles. The van der Waals surface area contributed by atoms with Crippen molar-refractivity contribution < 1.29 is 19.1 Å². The minimum atomic E-state index is -0.728. The Morgan fingerprint density at radius 3 is 2.37 bits per heavy atom. The molecule has 180 valence electrons. The van der Waals surface area contributed by atoms with Gasteiger partial charge in [0.25, 0.3) is 5.91 Å². The van der Waals surface area contributed by atoms with E-state index in [0.29, 0.717) is 17.1 Å². The van der Waals surface area contributed by atoms with Crippen LogP contribution in [0.25, 0.3) is 10.8 Å². The smallest absolute Gasteiger partial charge is 0.340 e. The molecule has 0 radical (unpaired) electrons. The molecule has 3 aromatic rings. The van der Waals surface area contributed by atoms with Crippen molar-refractivity contribution in [3.63, 3.8) is 0 Å². The summed E-state index contributed by atoms with van der Waals surface area (Å²) >= 11 is 0. The first-order valence-corrected chi connectivity index (χ1v) is 11.7. The lowest BCUT2D eigenvalue weighted by molar-refractivity contribution is -0.119. The van der Waals surface area contributed by atoms with Crippen LogP contribution in [0.1, 0.15) is 65.8 Å². The van der Waals surface area contributed by atoms with E-state index in [0.717, 1.165) is 47.7 Å². The summed E-state index contributed by atoms with van der Waals surface area (Å²) in [6, 6.07) is 13.2. The highest BCUT2D eigenvalue weighted by Gasteiger charge is 2.27. The third-order valence-electron chi connectivity index (χ3n) is 6.57. The lowest BCUT2D eigenvalue weighted by Crippen LogP contribution is -2.24. The fraction of sp³-hybridized carbons (Fsp3) is 0.333. The highest BCUT2D eigenvalue weighted by Crippen LogP contribution is 2.37. The molecule has 2 aromatic carbocycles. The molecule has 0 atom stereocenters. The fourth-order valence-corrected chi connectivity index (χ4v) is 4.78. The fourth-order valence-electron chi connectivity index (χ4n) is 4.78. The Bertz CT molecular complexity index is 1360. The van der Waals surface area contributed by atoms with Crippen LogP contribution in [0.5, 0.6) is 0 Å². The largest absolute Gasteiger partial charge is 0.452 e.